The molecule has 18 heavy (non-hydrogen) atoms. The summed E-state index contributed by atoms with van der Waals surface area (Å²) in [7, 11) is 0. The van der Waals surface area contributed by atoms with E-state index in [0.717, 1.165) is 27.5 Å². The van der Waals surface area contributed by atoms with Crippen LogP contribution in [0, 0.1) is 6.92 Å². The van der Waals surface area contributed by atoms with Crippen LogP contribution in [0.2, 0.25) is 0 Å². The highest BCUT2D eigenvalue weighted by Gasteiger charge is 2.13. The summed E-state index contributed by atoms with van der Waals surface area (Å²) in [6, 6.07) is 6.04. The zero-order valence-electron chi connectivity index (χ0n) is 10.4. The van der Waals surface area contributed by atoms with E-state index in [0.29, 0.717) is 4.99 Å². The topological polar surface area (TPSA) is 43.8 Å². The Bertz CT molecular complexity index is 575. The van der Waals surface area contributed by atoms with Gasteiger partial charge in [-0.05, 0) is 30.4 Å². The average Bonchev–Trinajstić information content (AvgIpc) is 2.75. The molecule has 94 valence electrons. The maximum Gasteiger partial charge on any atom is 0.107 e. The fourth-order valence-electron chi connectivity index (χ4n) is 1.78. The molecule has 0 amide bonds. The minimum absolute atomic E-state index is 0.412. The van der Waals surface area contributed by atoms with Crippen molar-refractivity contribution in [3.05, 3.63) is 41.7 Å². The second-order valence-electron chi connectivity index (χ2n) is 3.91. The summed E-state index contributed by atoms with van der Waals surface area (Å²) in [5.41, 5.74) is 8.82. The monoisotopic (exact) mass is 277 g/mol. The molecule has 0 aliphatic heterocycles. The lowest BCUT2D eigenvalue weighted by Crippen LogP contribution is -2.15. The number of thioether (sulfide) groups is 1. The summed E-state index contributed by atoms with van der Waals surface area (Å²) in [5, 5.41) is 4.32. The molecule has 0 saturated carbocycles. The Labute approximate surface area is 116 Å². The molecule has 0 aliphatic rings. The van der Waals surface area contributed by atoms with E-state index < -0.39 is 0 Å². The van der Waals surface area contributed by atoms with E-state index in [1.165, 1.54) is 0 Å². The van der Waals surface area contributed by atoms with E-state index in [-0.39, 0.29) is 0 Å². The van der Waals surface area contributed by atoms with Crippen molar-refractivity contribution in [3.8, 4) is 5.69 Å². The van der Waals surface area contributed by atoms with Crippen molar-refractivity contribution >= 4 is 29.0 Å². The molecule has 2 N–H and O–H groups in total. The lowest BCUT2D eigenvalue weighted by molar-refractivity contribution is 0.874. The second-order valence-corrected chi connectivity index (χ2v) is 5.66. The number of thiocarbonyl (C=S) groups is 1. The molecule has 1 aromatic heterocycles. The summed E-state index contributed by atoms with van der Waals surface area (Å²) in [6.45, 7) is 4.12. The van der Waals surface area contributed by atoms with Gasteiger partial charge < -0.3 is 5.73 Å². The van der Waals surface area contributed by atoms with Crippen LogP contribution in [0.3, 0.4) is 0 Å². The molecule has 0 spiro atoms. The Morgan fingerprint density at radius 2 is 2.28 bits per heavy atom. The fourth-order valence-corrected chi connectivity index (χ4v) is 2.90. The molecule has 3 nitrogen and oxygen atoms in total. The van der Waals surface area contributed by atoms with Crippen LogP contribution < -0.4 is 5.73 Å². The molecular weight excluding hydrogens is 262 g/mol. The molecule has 0 saturated heterocycles. The van der Waals surface area contributed by atoms with Crippen LogP contribution in [0.25, 0.3) is 5.69 Å². The molecule has 5 heteroatoms. The van der Waals surface area contributed by atoms with Crippen molar-refractivity contribution in [2.45, 2.75) is 18.7 Å². The number of aromatic nitrogens is 2. The maximum absolute atomic E-state index is 5.87. The highest BCUT2D eigenvalue weighted by atomic mass is 32.2. The summed E-state index contributed by atoms with van der Waals surface area (Å²) in [6.07, 6.45) is 3.79. The number of nitrogens with zero attached hydrogens (tertiary/aromatic N) is 2. The number of nitrogens with two attached hydrogens (primary N) is 1. The molecule has 0 fully saturated rings. The Kier molecular flexibility index (Phi) is 4.04. The van der Waals surface area contributed by atoms with Crippen LogP contribution in [-0.4, -0.2) is 20.5 Å². The van der Waals surface area contributed by atoms with Crippen molar-refractivity contribution in [3.63, 3.8) is 0 Å². The summed E-state index contributed by atoms with van der Waals surface area (Å²) < 4.78 is 1.82. The van der Waals surface area contributed by atoms with E-state index >= 15 is 0 Å². The standard InChI is InChI=1S/C13H15N3S2/c1-3-18-11-6-4-5-10(12(11)13(14)17)16-8-9(2)7-15-16/h4-8H,3H2,1-2H3,(H2,14,17). The van der Waals surface area contributed by atoms with Crippen LogP contribution in [0.1, 0.15) is 18.1 Å². The van der Waals surface area contributed by atoms with Gasteiger partial charge in [-0.3, -0.25) is 0 Å². The molecule has 2 rings (SSSR count). The van der Waals surface area contributed by atoms with Crippen molar-refractivity contribution < 1.29 is 0 Å². The third-order valence-electron chi connectivity index (χ3n) is 2.51. The lowest BCUT2D eigenvalue weighted by Gasteiger charge is -2.12. The first-order chi connectivity index (χ1) is 8.63. The SMILES string of the molecule is CCSc1cccc(-n2cc(C)cn2)c1C(N)=S. The Morgan fingerprint density at radius 3 is 2.83 bits per heavy atom. The summed E-state index contributed by atoms with van der Waals surface area (Å²) in [4.78, 5) is 1.52. The van der Waals surface area contributed by atoms with E-state index in [2.05, 4.69) is 12.0 Å². The van der Waals surface area contributed by atoms with Crippen molar-refractivity contribution in [2.24, 2.45) is 5.73 Å². The van der Waals surface area contributed by atoms with Crippen LogP contribution >= 0.6 is 24.0 Å². The number of benzene rings is 1. The molecule has 1 aromatic carbocycles. The van der Waals surface area contributed by atoms with Gasteiger partial charge in [0.05, 0.1) is 11.9 Å². The van der Waals surface area contributed by atoms with Crippen molar-refractivity contribution in [1.29, 1.82) is 0 Å². The Hall–Kier alpha value is -1.33. The van der Waals surface area contributed by atoms with Gasteiger partial charge in [0.1, 0.15) is 4.99 Å². The molecule has 2 aromatic rings. The average molecular weight is 277 g/mol. The largest absolute Gasteiger partial charge is 0.389 e. The van der Waals surface area contributed by atoms with Gasteiger partial charge in [-0.15, -0.1) is 11.8 Å². The summed E-state index contributed by atoms with van der Waals surface area (Å²) >= 11 is 6.92. The zero-order chi connectivity index (χ0) is 13.1. The fraction of sp³-hybridized carbons (Fsp3) is 0.231. The maximum atomic E-state index is 5.87. The first-order valence-electron chi connectivity index (χ1n) is 5.70. The normalized spacial score (nSPS) is 10.6. The summed E-state index contributed by atoms with van der Waals surface area (Å²) in [5.74, 6) is 0.983. The van der Waals surface area contributed by atoms with Crippen LogP contribution in [0.4, 0.5) is 0 Å². The van der Waals surface area contributed by atoms with Crippen LogP contribution in [0.15, 0.2) is 35.5 Å². The van der Waals surface area contributed by atoms with Crippen LogP contribution in [0.5, 0.6) is 0 Å². The van der Waals surface area contributed by atoms with Gasteiger partial charge in [0, 0.05) is 16.7 Å². The van der Waals surface area contributed by atoms with E-state index in [4.69, 9.17) is 18.0 Å². The Balaban J connectivity index is 2.59. The Morgan fingerprint density at radius 1 is 1.50 bits per heavy atom. The van der Waals surface area contributed by atoms with Gasteiger partial charge in [0.15, 0.2) is 0 Å². The highest BCUT2D eigenvalue weighted by Crippen LogP contribution is 2.27. The molecule has 1 heterocycles. The second kappa shape index (κ2) is 5.54. The van der Waals surface area contributed by atoms with E-state index in [1.807, 2.05) is 42.2 Å². The zero-order valence-corrected chi connectivity index (χ0v) is 12.0. The number of hydrogen-bond acceptors (Lipinski definition) is 3. The molecule has 0 unspecified atom stereocenters. The lowest BCUT2D eigenvalue weighted by atomic mass is 10.2. The third kappa shape index (κ3) is 2.57. The van der Waals surface area contributed by atoms with Gasteiger partial charge in [0.25, 0.3) is 0 Å². The number of rotatable bonds is 4. The molecule has 0 atom stereocenters. The quantitative estimate of drug-likeness (QED) is 0.689. The van der Waals surface area contributed by atoms with Gasteiger partial charge in [-0.25, -0.2) is 4.68 Å². The highest BCUT2D eigenvalue weighted by molar-refractivity contribution is 7.99. The molecule has 0 aliphatic carbocycles. The predicted octanol–water partition coefficient (Wildman–Crippen LogP) is 2.93. The predicted molar refractivity (Wildman–Crippen MR) is 80.6 cm³/mol. The molecule has 0 radical (unpaired) electrons. The molecular formula is C13H15N3S2. The smallest absolute Gasteiger partial charge is 0.107 e. The van der Waals surface area contributed by atoms with Crippen LogP contribution in [-0.2, 0) is 0 Å². The number of hydrogen-bond donors (Lipinski definition) is 1. The van der Waals surface area contributed by atoms with Crippen molar-refractivity contribution in [1.82, 2.24) is 9.78 Å². The first-order valence-corrected chi connectivity index (χ1v) is 7.10. The minimum Gasteiger partial charge on any atom is -0.389 e. The molecule has 0 bridgehead atoms. The number of aryl methyl sites for hydroxylation is 1. The van der Waals surface area contributed by atoms with Gasteiger partial charge in [-0.2, -0.15) is 5.10 Å². The van der Waals surface area contributed by atoms with Gasteiger partial charge >= 0.3 is 0 Å². The van der Waals surface area contributed by atoms with E-state index in [9.17, 15) is 0 Å². The minimum atomic E-state index is 0.412. The van der Waals surface area contributed by atoms with E-state index in [1.54, 1.807) is 11.8 Å². The van der Waals surface area contributed by atoms with Gasteiger partial charge in [0.2, 0.25) is 0 Å². The third-order valence-corrected chi connectivity index (χ3v) is 3.65. The van der Waals surface area contributed by atoms with Gasteiger partial charge in [-0.1, -0.05) is 25.2 Å². The van der Waals surface area contributed by atoms with Crippen molar-refractivity contribution in [2.75, 3.05) is 5.75 Å². The first kappa shape index (κ1) is 13.1.